The van der Waals surface area contributed by atoms with Gasteiger partial charge in [-0.25, -0.2) is 0 Å². The Hall–Kier alpha value is -2.04. The molecule has 1 fully saturated rings. The van der Waals surface area contributed by atoms with Gasteiger partial charge in [0, 0.05) is 26.1 Å². The van der Waals surface area contributed by atoms with Gasteiger partial charge in [-0.05, 0) is 37.5 Å². The summed E-state index contributed by atoms with van der Waals surface area (Å²) in [6, 6.07) is 8.02. The molecule has 5 nitrogen and oxygen atoms in total. The van der Waals surface area contributed by atoms with Gasteiger partial charge in [-0.2, -0.15) is 0 Å². The molecule has 1 aliphatic rings. The molecular weight excluding hydrogens is 280 g/mol. The number of benzene rings is 1. The van der Waals surface area contributed by atoms with Crippen LogP contribution in [0.3, 0.4) is 0 Å². The third-order valence-electron chi connectivity index (χ3n) is 4.31. The molecule has 1 N–H and O–H groups in total. The van der Waals surface area contributed by atoms with Crippen molar-refractivity contribution in [3.8, 4) is 5.75 Å². The molecule has 120 valence electrons. The summed E-state index contributed by atoms with van der Waals surface area (Å²) in [5, 5.41) is 2.77. The van der Waals surface area contributed by atoms with Gasteiger partial charge in [-0.1, -0.05) is 12.1 Å². The van der Waals surface area contributed by atoms with Crippen LogP contribution in [0.2, 0.25) is 0 Å². The number of ether oxygens (including phenoxy) is 1. The monoisotopic (exact) mass is 304 g/mol. The number of hydrogen-bond donors (Lipinski definition) is 1. The minimum atomic E-state index is -0.0963. The van der Waals surface area contributed by atoms with Gasteiger partial charge in [0.15, 0.2) is 0 Å². The third kappa shape index (κ3) is 4.00. The molecule has 1 heterocycles. The Morgan fingerprint density at radius 3 is 2.64 bits per heavy atom. The Morgan fingerprint density at radius 1 is 1.41 bits per heavy atom. The number of hydrogen-bond acceptors (Lipinski definition) is 3. The van der Waals surface area contributed by atoms with Crippen LogP contribution in [0.15, 0.2) is 24.3 Å². The lowest BCUT2D eigenvalue weighted by atomic mass is 9.96. The molecule has 2 rings (SSSR count). The van der Waals surface area contributed by atoms with Gasteiger partial charge in [0.25, 0.3) is 0 Å². The molecule has 0 bridgehead atoms. The van der Waals surface area contributed by atoms with Crippen LogP contribution in [0.5, 0.6) is 5.75 Å². The van der Waals surface area contributed by atoms with Crippen molar-refractivity contribution in [3.05, 3.63) is 29.8 Å². The number of likely N-dealkylation sites (N-methyl/N-ethyl adjacent to an activating group) is 1. The van der Waals surface area contributed by atoms with E-state index >= 15 is 0 Å². The number of methoxy groups -OCH3 is 1. The fourth-order valence-corrected chi connectivity index (χ4v) is 2.69. The molecule has 0 spiro atoms. The standard InChI is InChI=1S/C17H24N2O3/c1-12(10-13-4-7-15(22-3)8-5-13)19(2)17(21)14-6-9-16(20)18-11-14/h4-5,7-8,12,14H,6,9-11H2,1-3H3,(H,18,20). The Balaban J connectivity index is 1.91. The van der Waals surface area contributed by atoms with Crippen LogP contribution in [-0.2, 0) is 16.0 Å². The second-order valence-corrected chi connectivity index (χ2v) is 5.89. The van der Waals surface area contributed by atoms with Crippen molar-refractivity contribution in [2.24, 2.45) is 5.92 Å². The topological polar surface area (TPSA) is 58.6 Å². The van der Waals surface area contributed by atoms with Crippen LogP contribution in [0.4, 0.5) is 0 Å². The first-order valence-electron chi connectivity index (χ1n) is 7.67. The summed E-state index contributed by atoms with van der Waals surface area (Å²) in [5.41, 5.74) is 1.17. The van der Waals surface area contributed by atoms with Crippen molar-refractivity contribution in [1.29, 1.82) is 0 Å². The molecule has 0 aromatic heterocycles. The summed E-state index contributed by atoms with van der Waals surface area (Å²) in [4.78, 5) is 25.5. The van der Waals surface area contributed by atoms with Gasteiger partial charge >= 0.3 is 0 Å². The lowest BCUT2D eigenvalue weighted by Crippen LogP contribution is -2.46. The number of rotatable bonds is 5. The molecule has 5 heteroatoms. The highest BCUT2D eigenvalue weighted by molar-refractivity contribution is 5.83. The van der Waals surface area contributed by atoms with Gasteiger partial charge in [-0.15, -0.1) is 0 Å². The van der Waals surface area contributed by atoms with Gasteiger partial charge in [0.2, 0.25) is 11.8 Å². The lowest BCUT2D eigenvalue weighted by Gasteiger charge is -2.31. The van der Waals surface area contributed by atoms with Crippen LogP contribution in [-0.4, -0.2) is 43.5 Å². The second kappa shape index (κ2) is 7.29. The first-order chi connectivity index (χ1) is 10.5. The number of carbonyl (C=O) groups excluding carboxylic acids is 2. The molecular formula is C17H24N2O3. The highest BCUT2D eigenvalue weighted by Crippen LogP contribution is 2.18. The summed E-state index contributed by atoms with van der Waals surface area (Å²) in [5.74, 6) is 0.888. The Bertz CT molecular complexity index is 517. The largest absolute Gasteiger partial charge is 0.497 e. The molecule has 0 saturated carbocycles. The van der Waals surface area contributed by atoms with Crippen LogP contribution < -0.4 is 10.1 Å². The van der Waals surface area contributed by atoms with Crippen LogP contribution in [0, 0.1) is 5.92 Å². The van der Waals surface area contributed by atoms with Gasteiger partial charge in [0.1, 0.15) is 5.75 Å². The molecule has 1 aromatic carbocycles. The molecule has 1 aliphatic heterocycles. The number of nitrogens with zero attached hydrogens (tertiary/aromatic N) is 1. The number of amides is 2. The normalized spacial score (nSPS) is 19.2. The van der Waals surface area contributed by atoms with E-state index in [-0.39, 0.29) is 23.8 Å². The predicted octanol–water partition coefficient (Wildman–Crippen LogP) is 1.61. The third-order valence-corrected chi connectivity index (χ3v) is 4.31. The Labute approximate surface area is 131 Å². The van der Waals surface area contributed by atoms with E-state index in [9.17, 15) is 9.59 Å². The van der Waals surface area contributed by atoms with Crippen molar-refractivity contribution >= 4 is 11.8 Å². The zero-order valence-corrected chi connectivity index (χ0v) is 13.5. The van der Waals surface area contributed by atoms with Crippen molar-refractivity contribution in [2.75, 3.05) is 20.7 Å². The lowest BCUT2D eigenvalue weighted by molar-refractivity contribution is -0.137. The maximum atomic E-state index is 12.5. The van der Waals surface area contributed by atoms with Gasteiger partial charge < -0.3 is 15.0 Å². The zero-order valence-electron chi connectivity index (χ0n) is 13.5. The van der Waals surface area contributed by atoms with Crippen molar-refractivity contribution in [3.63, 3.8) is 0 Å². The highest BCUT2D eigenvalue weighted by atomic mass is 16.5. The van der Waals surface area contributed by atoms with E-state index in [4.69, 9.17) is 4.74 Å². The molecule has 1 saturated heterocycles. The quantitative estimate of drug-likeness (QED) is 0.899. The molecule has 0 radical (unpaired) electrons. The number of carbonyl (C=O) groups is 2. The average Bonchev–Trinajstić information content (AvgIpc) is 2.55. The van der Waals surface area contributed by atoms with E-state index in [1.165, 1.54) is 5.56 Å². The van der Waals surface area contributed by atoms with Gasteiger partial charge in [0.05, 0.1) is 13.0 Å². The smallest absolute Gasteiger partial charge is 0.227 e. The Morgan fingerprint density at radius 2 is 2.09 bits per heavy atom. The van der Waals surface area contributed by atoms with Crippen LogP contribution >= 0.6 is 0 Å². The number of piperidine rings is 1. The summed E-state index contributed by atoms with van der Waals surface area (Å²) in [6.45, 7) is 2.50. The van der Waals surface area contributed by atoms with E-state index in [0.717, 1.165) is 12.2 Å². The second-order valence-electron chi connectivity index (χ2n) is 5.89. The number of nitrogens with one attached hydrogen (secondary N) is 1. The molecule has 22 heavy (non-hydrogen) atoms. The maximum Gasteiger partial charge on any atom is 0.227 e. The van der Waals surface area contributed by atoms with Crippen LogP contribution in [0.1, 0.15) is 25.3 Å². The fraction of sp³-hybridized carbons (Fsp3) is 0.529. The summed E-state index contributed by atoms with van der Waals surface area (Å²) in [6.07, 6.45) is 1.88. The predicted molar refractivity (Wildman–Crippen MR) is 84.7 cm³/mol. The van der Waals surface area contributed by atoms with Crippen molar-refractivity contribution in [1.82, 2.24) is 10.2 Å². The molecule has 1 aromatic rings. The minimum absolute atomic E-state index is 0.0398. The van der Waals surface area contributed by atoms with E-state index in [0.29, 0.717) is 19.4 Å². The van der Waals surface area contributed by atoms with Crippen LogP contribution in [0.25, 0.3) is 0 Å². The highest BCUT2D eigenvalue weighted by Gasteiger charge is 2.28. The van der Waals surface area contributed by atoms with E-state index in [2.05, 4.69) is 5.32 Å². The molecule has 0 aliphatic carbocycles. The maximum absolute atomic E-state index is 12.5. The molecule has 2 unspecified atom stereocenters. The minimum Gasteiger partial charge on any atom is -0.497 e. The summed E-state index contributed by atoms with van der Waals surface area (Å²) >= 11 is 0. The van der Waals surface area contributed by atoms with Gasteiger partial charge in [-0.3, -0.25) is 9.59 Å². The SMILES string of the molecule is COc1ccc(CC(C)N(C)C(=O)C2CCC(=O)NC2)cc1. The molecule has 2 atom stereocenters. The molecule has 2 amide bonds. The van der Waals surface area contributed by atoms with E-state index in [1.807, 2.05) is 38.2 Å². The summed E-state index contributed by atoms with van der Waals surface area (Å²) in [7, 11) is 3.49. The zero-order chi connectivity index (χ0) is 16.1. The van der Waals surface area contributed by atoms with E-state index in [1.54, 1.807) is 12.0 Å². The van der Waals surface area contributed by atoms with Crippen molar-refractivity contribution in [2.45, 2.75) is 32.2 Å². The first-order valence-corrected chi connectivity index (χ1v) is 7.67. The van der Waals surface area contributed by atoms with E-state index < -0.39 is 0 Å². The van der Waals surface area contributed by atoms with Crippen molar-refractivity contribution < 1.29 is 14.3 Å². The first kappa shape index (κ1) is 16.3. The average molecular weight is 304 g/mol. The Kier molecular flexibility index (Phi) is 5.41. The summed E-state index contributed by atoms with van der Waals surface area (Å²) < 4.78 is 5.15. The fourth-order valence-electron chi connectivity index (χ4n) is 2.69.